The summed E-state index contributed by atoms with van der Waals surface area (Å²) in [6.45, 7) is 0.876. The topological polar surface area (TPSA) is 37.4 Å². The maximum absolute atomic E-state index is 12.2. The number of hydrogen-bond acceptors (Lipinski definition) is 2. The van der Waals surface area contributed by atoms with Crippen LogP contribution >= 0.6 is 0 Å². The van der Waals surface area contributed by atoms with Crippen LogP contribution in [-0.2, 0) is 16.6 Å². The van der Waals surface area contributed by atoms with Crippen molar-refractivity contribution in [1.82, 2.24) is 4.31 Å². The SMILES string of the molecule is CN(C)S(=O)(=O)c1cccc(C[N+](C)(C)C2CCCC2)c1.[Cl-]. The summed E-state index contributed by atoms with van der Waals surface area (Å²) in [6, 6.07) is 8.07. The van der Waals surface area contributed by atoms with E-state index in [1.54, 1.807) is 20.2 Å². The van der Waals surface area contributed by atoms with Crippen LogP contribution in [0.5, 0.6) is 0 Å². The van der Waals surface area contributed by atoms with E-state index in [2.05, 4.69) is 14.1 Å². The van der Waals surface area contributed by atoms with E-state index in [1.165, 1.54) is 30.0 Å². The summed E-state index contributed by atoms with van der Waals surface area (Å²) in [5.41, 5.74) is 1.09. The molecule has 0 radical (unpaired) electrons. The van der Waals surface area contributed by atoms with Gasteiger partial charge < -0.3 is 16.9 Å². The second kappa shape index (κ2) is 7.30. The van der Waals surface area contributed by atoms with Crippen LogP contribution in [0.2, 0.25) is 0 Å². The Hall–Kier alpha value is -0.620. The van der Waals surface area contributed by atoms with Gasteiger partial charge in [-0.25, -0.2) is 12.7 Å². The van der Waals surface area contributed by atoms with Crippen molar-refractivity contribution in [2.45, 2.75) is 43.2 Å². The van der Waals surface area contributed by atoms with Crippen LogP contribution < -0.4 is 12.4 Å². The number of benzene rings is 1. The molecule has 0 unspecified atom stereocenters. The fourth-order valence-electron chi connectivity index (χ4n) is 3.22. The number of halogens is 1. The van der Waals surface area contributed by atoms with Crippen LogP contribution in [0.25, 0.3) is 0 Å². The second-order valence-corrected chi connectivity index (χ2v) is 8.96. The van der Waals surface area contributed by atoms with Crippen LogP contribution in [-0.4, -0.2) is 51.4 Å². The minimum Gasteiger partial charge on any atom is -1.00 e. The maximum Gasteiger partial charge on any atom is 0.242 e. The summed E-state index contributed by atoms with van der Waals surface area (Å²) in [6.07, 6.45) is 5.20. The molecule has 0 amide bonds. The van der Waals surface area contributed by atoms with Crippen molar-refractivity contribution >= 4 is 10.0 Å². The Morgan fingerprint density at radius 3 is 2.32 bits per heavy atom. The molecule has 1 aromatic rings. The summed E-state index contributed by atoms with van der Waals surface area (Å²) in [5.74, 6) is 0. The van der Waals surface area contributed by atoms with E-state index in [0.29, 0.717) is 10.9 Å². The highest BCUT2D eigenvalue weighted by Gasteiger charge is 2.31. The maximum atomic E-state index is 12.2. The molecule has 0 N–H and O–H groups in total. The van der Waals surface area contributed by atoms with Gasteiger partial charge in [-0.1, -0.05) is 12.1 Å². The van der Waals surface area contributed by atoms with Crippen molar-refractivity contribution in [1.29, 1.82) is 0 Å². The van der Waals surface area contributed by atoms with Crippen molar-refractivity contribution in [3.63, 3.8) is 0 Å². The normalized spacial score (nSPS) is 16.8. The van der Waals surface area contributed by atoms with Gasteiger partial charge in [0.25, 0.3) is 0 Å². The lowest BCUT2D eigenvalue weighted by Gasteiger charge is -2.36. The molecule has 0 aromatic heterocycles. The molecule has 1 saturated carbocycles. The van der Waals surface area contributed by atoms with Gasteiger partial charge in [-0.05, 0) is 37.8 Å². The fraction of sp³-hybridized carbons (Fsp3) is 0.625. The molecule has 0 aliphatic heterocycles. The van der Waals surface area contributed by atoms with Gasteiger partial charge in [0.1, 0.15) is 6.54 Å². The zero-order chi connectivity index (χ0) is 15.7. The van der Waals surface area contributed by atoms with E-state index in [0.717, 1.165) is 16.6 Å². The first-order chi connectivity index (χ1) is 9.73. The van der Waals surface area contributed by atoms with Gasteiger partial charge in [-0.3, -0.25) is 0 Å². The molecular weight excluding hydrogens is 320 g/mol. The third-order valence-corrected chi connectivity index (χ3v) is 6.39. The highest BCUT2D eigenvalue weighted by molar-refractivity contribution is 7.89. The van der Waals surface area contributed by atoms with Gasteiger partial charge in [0.05, 0.1) is 25.0 Å². The predicted molar refractivity (Wildman–Crippen MR) is 85.4 cm³/mol. The van der Waals surface area contributed by atoms with Crippen molar-refractivity contribution in [3.05, 3.63) is 29.8 Å². The molecular formula is C16H27ClN2O2S. The van der Waals surface area contributed by atoms with Crippen LogP contribution in [0.3, 0.4) is 0 Å². The molecule has 1 fully saturated rings. The molecule has 0 atom stereocenters. The van der Waals surface area contributed by atoms with Crippen LogP contribution in [0.1, 0.15) is 31.2 Å². The first-order valence-electron chi connectivity index (χ1n) is 7.57. The Bertz CT molecular complexity index is 594. The highest BCUT2D eigenvalue weighted by atomic mass is 35.5. The zero-order valence-corrected chi connectivity index (χ0v) is 15.5. The summed E-state index contributed by atoms with van der Waals surface area (Å²) in [7, 11) is 4.30. The van der Waals surface area contributed by atoms with Gasteiger partial charge in [0.15, 0.2) is 0 Å². The molecule has 0 bridgehead atoms. The molecule has 0 heterocycles. The summed E-state index contributed by atoms with van der Waals surface area (Å²) < 4.78 is 26.7. The predicted octanol–water partition coefficient (Wildman–Crippen LogP) is -0.540. The van der Waals surface area contributed by atoms with Crippen molar-refractivity contribution in [3.8, 4) is 0 Å². The Balaban J connectivity index is 0.00000242. The van der Waals surface area contributed by atoms with Crippen LogP contribution in [0.4, 0.5) is 0 Å². The largest absolute Gasteiger partial charge is 1.00 e. The number of nitrogens with zero attached hydrogens (tertiary/aromatic N) is 2. The molecule has 1 aliphatic rings. The summed E-state index contributed by atoms with van der Waals surface area (Å²) in [4.78, 5) is 0.386. The lowest BCUT2D eigenvalue weighted by molar-refractivity contribution is -0.927. The molecule has 1 aromatic carbocycles. The van der Waals surface area contributed by atoms with Crippen LogP contribution in [0, 0.1) is 0 Å². The molecule has 6 heteroatoms. The molecule has 4 nitrogen and oxygen atoms in total. The Labute approximate surface area is 141 Å². The lowest BCUT2D eigenvalue weighted by Crippen LogP contribution is -3.00. The van der Waals surface area contributed by atoms with E-state index in [9.17, 15) is 8.42 Å². The highest BCUT2D eigenvalue weighted by Crippen LogP contribution is 2.29. The van der Waals surface area contributed by atoms with E-state index in [-0.39, 0.29) is 12.4 Å². The van der Waals surface area contributed by atoms with Gasteiger partial charge in [0.2, 0.25) is 10.0 Å². The smallest absolute Gasteiger partial charge is 0.242 e. The molecule has 0 spiro atoms. The first kappa shape index (κ1) is 19.4. The van der Waals surface area contributed by atoms with E-state index < -0.39 is 10.0 Å². The van der Waals surface area contributed by atoms with Gasteiger partial charge in [-0.15, -0.1) is 0 Å². The van der Waals surface area contributed by atoms with Crippen molar-refractivity contribution in [2.75, 3.05) is 28.2 Å². The minimum atomic E-state index is -3.35. The van der Waals surface area contributed by atoms with E-state index in [1.807, 2.05) is 18.2 Å². The quantitative estimate of drug-likeness (QED) is 0.672. The molecule has 1 aliphatic carbocycles. The lowest BCUT2D eigenvalue weighted by atomic mass is 10.1. The summed E-state index contributed by atoms with van der Waals surface area (Å²) >= 11 is 0. The molecule has 2 rings (SSSR count). The standard InChI is InChI=1S/C16H27N2O2S.ClH/c1-17(2)21(19,20)16-11-7-8-14(12-16)13-18(3,4)15-9-5-6-10-15;/h7-8,11-12,15H,5-6,9-10,13H2,1-4H3;1H/q+1;/p-1. The average molecular weight is 347 g/mol. The minimum absolute atomic E-state index is 0. The zero-order valence-electron chi connectivity index (χ0n) is 13.9. The van der Waals surface area contributed by atoms with E-state index >= 15 is 0 Å². The second-order valence-electron chi connectivity index (χ2n) is 6.81. The summed E-state index contributed by atoms with van der Waals surface area (Å²) in [5, 5.41) is 0. The molecule has 126 valence electrons. The number of sulfonamides is 1. The van der Waals surface area contributed by atoms with Crippen LogP contribution in [0.15, 0.2) is 29.2 Å². The third kappa shape index (κ3) is 4.22. The Kier molecular flexibility index (Phi) is 6.45. The Morgan fingerprint density at radius 2 is 1.77 bits per heavy atom. The van der Waals surface area contributed by atoms with Crippen molar-refractivity contribution < 1.29 is 25.3 Å². The number of quaternary nitrogens is 1. The fourth-order valence-corrected chi connectivity index (χ4v) is 4.19. The number of rotatable bonds is 5. The monoisotopic (exact) mass is 346 g/mol. The third-order valence-electron chi connectivity index (χ3n) is 4.58. The van der Waals surface area contributed by atoms with Gasteiger partial charge >= 0.3 is 0 Å². The Morgan fingerprint density at radius 1 is 1.18 bits per heavy atom. The number of hydrogen-bond donors (Lipinski definition) is 0. The molecule has 0 saturated heterocycles. The average Bonchev–Trinajstić information content (AvgIpc) is 2.93. The van der Waals surface area contributed by atoms with Gasteiger partial charge in [0, 0.05) is 19.7 Å². The van der Waals surface area contributed by atoms with E-state index in [4.69, 9.17) is 0 Å². The first-order valence-corrected chi connectivity index (χ1v) is 9.01. The van der Waals surface area contributed by atoms with Gasteiger partial charge in [-0.2, -0.15) is 0 Å². The molecule has 22 heavy (non-hydrogen) atoms. The van der Waals surface area contributed by atoms with Crippen molar-refractivity contribution in [2.24, 2.45) is 0 Å².